The van der Waals surface area contributed by atoms with E-state index in [-0.39, 0.29) is 43.0 Å². The smallest absolute Gasteiger partial charge is 0.405 e. The average molecular weight is 615 g/mol. The van der Waals surface area contributed by atoms with Gasteiger partial charge in [0.05, 0.1) is 6.04 Å². The fourth-order valence-corrected chi connectivity index (χ4v) is 5.91. The Morgan fingerprint density at radius 3 is 2.18 bits per heavy atom. The van der Waals surface area contributed by atoms with Crippen LogP contribution in [0.3, 0.4) is 0 Å². The third-order valence-electron chi connectivity index (χ3n) is 8.35. The van der Waals surface area contributed by atoms with Crippen molar-refractivity contribution in [3.05, 3.63) is 30.1 Å². The van der Waals surface area contributed by atoms with Crippen molar-refractivity contribution in [2.75, 3.05) is 6.54 Å². The fraction of sp³-hybridized carbons (Fsp3) is 0.645. The van der Waals surface area contributed by atoms with Crippen LogP contribution in [0.25, 0.3) is 0 Å². The Labute approximate surface area is 258 Å². The summed E-state index contributed by atoms with van der Waals surface area (Å²) in [7, 11) is 0. The number of nitrogens with one attached hydrogen (secondary N) is 5. The number of carboxylic acid groups (broad SMARTS) is 1. The molecule has 0 radical (unpaired) electrons. The zero-order chi connectivity index (χ0) is 32.2. The Morgan fingerprint density at radius 2 is 1.59 bits per heavy atom. The number of nitrogens with zero attached hydrogens (tertiary/aromatic N) is 1. The molecule has 0 spiro atoms. The van der Waals surface area contributed by atoms with E-state index < -0.39 is 53.6 Å². The minimum absolute atomic E-state index is 0.0494. The summed E-state index contributed by atoms with van der Waals surface area (Å²) in [6.45, 7) is 6.00. The molecule has 1 aliphatic carbocycles. The highest BCUT2D eigenvalue weighted by atomic mass is 16.4. The molecule has 1 aromatic rings. The number of carbonyl (C=O) groups is 6. The van der Waals surface area contributed by atoms with E-state index in [1.807, 2.05) is 20.8 Å². The summed E-state index contributed by atoms with van der Waals surface area (Å²) in [5.41, 5.74) is 0.472. The van der Waals surface area contributed by atoms with E-state index >= 15 is 0 Å². The van der Waals surface area contributed by atoms with Gasteiger partial charge >= 0.3 is 6.09 Å². The molecule has 2 aliphatic rings. The van der Waals surface area contributed by atoms with Gasteiger partial charge in [-0.15, -0.1) is 0 Å². The van der Waals surface area contributed by atoms with Crippen molar-refractivity contribution in [2.45, 2.75) is 103 Å². The number of ketones is 1. The van der Waals surface area contributed by atoms with Crippen LogP contribution in [0.2, 0.25) is 0 Å². The van der Waals surface area contributed by atoms with Gasteiger partial charge in [-0.05, 0) is 63.0 Å². The molecule has 1 aromatic heterocycles. The highest BCUT2D eigenvalue weighted by Gasteiger charge is 2.37. The molecule has 6 N–H and O–H groups in total. The van der Waals surface area contributed by atoms with E-state index in [9.17, 15) is 33.9 Å². The maximum atomic E-state index is 13.6. The van der Waals surface area contributed by atoms with Gasteiger partial charge in [0.15, 0.2) is 0 Å². The first kappa shape index (κ1) is 34.5. The topological polar surface area (TPSA) is 196 Å². The Balaban J connectivity index is 1.76. The molecule has 2 fully saturated rings. The van der Waals surface area contributed by atoms with E-state index in [0.29, 0.717) is 18.7 Å². The lowest BCUT2D eigenvalue weighted by molar-refractivity contribution is -0.141. The van der Waals surface area contributed by atoms with Crippen molar-refractivity contribution in [1.29, 1.82) is 0 Å². The van der Waals surface area contributed by atoms with Crippen LogP contribution in [0.5, 0.6) is 0 Å². The summed E-state index contributed by atoms with van der Waals surface area (Å²) in [4.78, 5) is 81.4. The Bertz CT molecular complexity index is 1170. The van der Waals surface area contributed by atoms with Crippen LogP contribution in [-0.4, -0.2) is 76.3 Å². The molecule has 2 heterocycles. The third kappa shape index (κ3) is 10.6. The normalized spacial score (nSPS) is 19.6. The van der Waals surface area contributed by atoms with Crippen molar-refractivity contribution >= 4 is 35.5 Å². The Kier molecular flexibility index (Phi) is 13.1. The minimum atomic E-state index is -1.42. The van der Waals surface area contributed by atoms with Crippen LogP contribution in [-0.2, 0) is 30.4 Å². The molecule has 1 saturated carbocycles. The number of aromatic nitrogens is 1. The summed E-state index contributed by atoms with van der Waals surface area (Å²) in [5.74, 6) is -3.74. The first-order valence-corrected chi connectivity index (χ1v) is 15.6. The monoisotopic (exact) mass is 614 g/mol. The SMILES string of the molecule is CC(C)C[C@H](NC(=O)[C@H](Cc1ccccn1)NC(=O)O)C(=O)N[C@@H](C[C@@H]1CCNC1=O)C(=O)C(=O)N[C@@H](C)C1CCCCC1. The highest BCUT2D eigenvalue weighted by Crippen LogP contribution is 2.26. The number of hydrogen-bond donors (Lipinski definition) is 6. The quantitative estimate of drug-likeness (QED) is 0.160. The van der Waals surface area contributed by atoms with E-state index in [2.05, 4.69) is 31.6 Å². The number of Topliss-reactive ketones (excluding diaryl/α,β-unsaturated/α-hetero) is 1. The van der Waals surface area contributed by atoms with Gasteiger partial charge in [0, 0.05) is 36.8 Å². The number of carbonyl (C=O) groups excluding carboxylic acids is 5. The van der Waals surface area contributed by atoms with Crippen molar-refractivity contribution in [3.8, 4) is 0 Å². The van der Waals surface area contributed by atoms with Crippen LogP contribution >= 0.6 is 0 Å². The van der Waals surface area contributed by atoms with E-state index in [4.69, 9.17) is 0 Å². The summed E-state index contributed by atoms with van der Waals surface area (Å²) >= 11 is 0. The molecule has 5 atom stereocenters. The minimum Gasteiger partial charge on any atom is -0.465 e. The number of pyridine rings is 1. The van der Waals surface area contributed by atoms with Crippen molar-refractivity contribution in [3.63, 3.8) is 0 Å². The average Bonchev–Trinajstić information content (AvgIpc) is 3.39. The van der Waals surface area contributed by atoms with Crippen LogP contribution in [0, 0.1) is 17.8 Å². The molecule has 3 rings (SSSR count). The molecule has 1 aliphatic heterocycles. The summed E-state index contributed by atoms with van der Waals surface area (Å²) < 4.78 is 0. The number of rotatable bonds is 15. The molecular formula is C31H46N6O7. The first-order valence-electron chi connectivity index (χ1n) is 15.6. The molecule has 1 saturated heterocycles. The first-order chi connectivity index (χ1) is 20.9. The number of amides is 5. The van der Waals surface area contributed by atoms with Crippen LogP contribution in [0.4, 0.5) is 4.79 Å². The van der Waals surface area contributed by atoms with Crippen LogP contribution in [0.1, 0.15) is 77.8 Å². The van der Waals surface area contributed by atoms with Gasteiger partial charge in [0.2, 0.25) is 23.5 Å². The zero-order valence-corrected chi connectivity index (χ0v) is 25.8. The number of hydrogen-bond acceptors (Lipinski definition) is 7. The van der Waals surface area contributed by atoms with Crippen LogP contribution in [0.15, 0.2) is 24.4 Å². The third-order valence-corrected chi connectivity index (χ3v) is 8.35. The summed E-state index contributed by atoms with van der Waals surface area (Å²) in [5, 5.41) is 22.3. The van der Waals surface area contributed by atoms with Gasteiger partial charge in [-0.1, -0.05) is 39.2 Å². The lowest BCUT2D eigenvalue weighted by Crippen LogP contribution is -2.58. The molecule has 0 bridgehead atoms. The molecule has 242 valence electrons. The summed E-state index contributed by atoms with van der Waals surface area (Å²) in [6.07, 6.45) is 5.85. The lowest BCUT2D eigenvalue weighted by atomic mass is 9.84. The Morgan fingerprint density at radius 1 is 0.909 bits per heavy atom. The standard InChI is InChI=1S/C31H46N6O7/c1-18(2)15-24(36-29(41)25(37-31(43)44)17-22-11-7-8-13-32-22)28(40)35-23(16-21-12-14-33-27(21)39)26(38)30(42)34-19(3)20-9-5-4-6-10-20/h7-8,11,13,18-21,23-25,37H,4-6,9-10,12,14-17H2,1-3H3,(H,33,39)(H,34,42)(H,35,40)(H,36,41)(H,43,44)/t19-,21-,23-,24-,25-/m0/s1. The Hall–Kier alpha value is -4.03. The van der Waals surface area contributed by atoms with Crippen molar-refractivity contribution in [1.82, 2.24) is 31.6 Å². The van der Waals surface area contributed by atoms with Crippen LogP contribution < -0.4 is 26.6 Å². The maximum absolute atomic E-state index is 13.6. The van der Waals surface area contributed by atoms with E-state index in [1.54, 1.807) is 18.2 Å². The van der Waals surface area contributed by atoms with E-state index in [0.717, 1.165) is 32.1 Å². The molecule has 13 nitrogen and oxygen atoms in total. The van der Waals surface area contributed by atoms with E-state index in [1.165, 1.54) is 6.20 Å². The second kappa shape index (κ2) is 16.7. The zero-order valence-electron chi connectivity index (χ0n) is 25.8. The fourth-order valence-electron chi connectivity index (χ4n) is 5.91. The molecule has 13 heteroatoms. The van der Waals surface area contributed by atoms with Crippen molar-refractivity contribution < 1.29 is 33.9 Å². The van der Waals surface area contributed by atoms with Gasteiger partial charge in [-0.25, -0.2) is 4.79 Å². The van der Waals surface area contributed by atoms with Gasteiger partial charge in [-0.3, -0.25) is 29.0 Å². The van der Waals surface area contributed by atoms with Gasteiger partial charge in [0.1, 0.15) is 12.1 Å². The predicted octanol–water partition coefficient (Wildman–Crippen LogP) is 1.46. The molecule has 5 amide bonds. The van der Waals surface area contributed by atoms with Gasteiger partial charge in [0.25, 0.3) is 5.91 Å². The largest absolute Gasteiger partial charge is 0.465 e. The maximum Gasteiger partial charge on any atom is 0.405 e. The molecule has 0 unspecified atom stereocenters. The van der Waals surface area contributed by atoms with Gasteiger partial charge < -0.3 is 31.7 Å². The molecule has 44 heavy (non-hydrogen) atoms. The van der Waals surface area contributed by atoms with Gasteiger partial charge in [-0.2, -0.15) is 0 Å². The second-order valence-corrected chi connectivity index (χ2v) is 12.3. The second-order valence-electron chi connectivity index (χ2n) is 12.3. The molecule has 0 aromatic carbocycles. The van der Waals surface area contributed by atoms with Crippen molar-refractivity contribution in [2.24, 2.45) is 17.8 Å². The predicted molar refractivity (Wildman–Crippen MR) is 161 cm³/mol. The summed E-state index contributed by atoms with van der Waals surface area (Å²) in [6, 6.07) is 1.17. The lowest BCUT2D eigenvalue weighted by Gasteiger charge is -2.29. The highest BCUT2D eigenvalue weighted by molar-refractivity contribution is 6.38. The molecular weight excluding hydrogens is 568 g/mol.